The van der Waals surface area contributed by atoms with Crippen molar-refractivity contribution in [1.29, 1.82) is 0 Å². The number of amides is 2. The lowest BCUT2D eigenvalue weighted by atomic mass is 10.1. The molecule has 0 aliphatic carbocycles. The maximum absolute atomic E-state index is 11.7. The number of carbonyl (C=O) groups excluding carboxylic acids is 1. The van der Waals surface area contributed by atoms with Gasteiger partial charge in [0.05, 0.1) is 0 Å². The largest absolute Gasteiger partial charge is 0.465 e. The van der Waals surface area contributed by atoms with Gasteiger partial charge in [-0.05, 0) is 5.56 Å². The summed E-state index contributed by atoms with van der Waals surface area (Å²) in [6, 6.07) is 8.36. The fourth-order valence-corrected chi connectivity index (χ4v) is 1.47. The maximum Gasteiger partial charge on any atom is 0.405 e. The fourth-order valence-electron chi connectivity index (χ4n) is 1.47. The number of benzene rings is 1. The molecule has 6 nitrogen and oxygen atoms in total. The van der Waals surface area contributed by atoms with Crippen molar-refractivity contribution in [2.24, 2.45) is 0 Å². The highest BCUT2D eigenvalue weighted by Crippen LogP contribution is 2.03. The van der Waals surface area contributed by atoms with Crippen LogP contribution in [0.2, 0.25) is 0 Å². The van der Waals surface area contributed by atoms with E-state index in [4.69, 9.17) is 9.84 Å². The molecule has 0 saturated carbocycles. The van der Waals surface area contributed by atoms with E-state index < -0.39 is 18.0 Å². The van der Waals surface area contributed by atoms with E-state index in [0.717, 1.165) is 5.56 Å². The third-order valence-electron chi connectivity index (χ3n) is 2.29. The predicted octanol–water partition coefficient (Wildman–Crippen LogP) is 0.585. The van der Waals surface area contributed by atoms with Gasteiger partial charge in [-0.25, -0.2) is 4.79 Å². The second-order valence-electron chi connectivity index (χ2n) is 3.67. The molecule has 1 aromatic carbocycles. The molecular formula is C12H16N2O4. The van der Waals surface area contributed by atoms with Crippen molar-refractivity contribution < 1.29 is 19.4 Å². The molecule has 98 valence electrons. The Morgan fingerprint density at radius 3 is 2.56 bits per heavy atom. The van der Waals surface area contributed by atoms with Crippen molar-refractivity contribution in [3.05, 3.63) is 35.9 Å². The predicted molar refractivity (Wildman–Crippen MR) is 65.1 cm³/mol. The van der Waals surface area contributed by atoms with E-state index in [1.165, 1.54) is 7.11 Å². The monoisotopic (exact) mass is 252 g/mol. The number of methoxy groups -OCH3 is 1. The Morgan fingerprint density at radius 1 is 1.33 bits per heavy atom. The first-order valence-electron chi connectivity index (χ1n) is 5.43. The summed E-state index contributed by atoms with van der Waals surface area (Å²) in [4.78, 5) is 22.4. The molecule has 0 aliphatic rings. The summed E-state index contributed by atoms with van der Waals surface area (Å²) in [5, 5.41) is 13.4. The summed E-state index contributed by atoms with van der Waals surface area (Å²) in [7, 11) is 1.44. The first-order chi connectivity index (χ1) is 8.63. The van der Waals surface area contributed by atoms with Gasteiger partial charge in [0.2, 0.25) is 5.91 Å². The van der Waals surface area contributed by atoms with Crippen molar-refractivity contribution in [2.45, 2.75) is 12.5 Å². The second kappa shape index (κ2) is 7.29. The van der Waals surface area contributed by atoms with Gasteiger partial charge in [0.15, 0.2) is 0 Å². The van der Waals surface area contributed by atoms with Gasteiger partial charge in [0.1, 0.15) is 12.8 Å². The van der Waals surface area contributed by atoms with Crippen LogP contribution in [0.5, 0.6) is 0 Å². The summed E-state index contributed by atoms with van der Waals surface area (Å²) in [5.41, 5.74) is 0.879. The molecule has 0 bridgehead atoms. The molecule has 0 radical (unpaired) electrons. The lowest BCUT2D eigenvalue weighted by Crippen LogP contribution is -2.48. The molecule has 1 unspecified atom stereocenters. The van der Waals surface area contributed by atoms with Gasteiger partial charge < -0.3 is 20.5 Å². The van der Waals surface area contributed by atoms with Crippen LogP contribution in [-0.4, -0.2) is 37.0 Å². The highest BCUT2D eigenvalue weighted by molar-refractivity contribution is 5.85. The zero-order valence-electron chi connectivity index (χ0n) is 10.1. The molecule has 6 heteroatoms. The lowest BCUT2D eigenvalue weighted by Gasteiger charge is -2.16. The zero-order valence-corrected chi connectivity index (χ0v) is 10.1. The van der Waals surface area contributed by atoms with E-state index in [0.29, 0.717) is 6.42 Å². The molecule has 0 fully saturated rings. The summed E-state index contributed by atoms with van der Waals surface area (Å²) in [6.45, 7) is 0.0470. The minimum Gasteiger partial charge on any atom is -0.465 e. The first-order valence-corrected chi connectivity index (χ1v) is 5.43. The molecule has 2 amide bonds. The zero-order chi connectivity index (χ0) is 13.4. The third-order valence-corrected chi connectivity index (χ3v) is 2.29. The van der Waals surface area contributed by atoms with Crippen LogP contribution in [0.15, 0.2) is 30.3 Å². The molecule has 1 aromatic rings. The van der Waals surface area contributed by atoms with Crippen molar-refractivity contribution >= 4 is 12.0 Å². The van der Waals surface area contributed by atoms with E-state index in [2.05, 4.69) is 10.6 Å². The number of carboxylic acid groups (broad SMARTS) is 1. The molecule has 0 heterocycles. The SMILES string of the molecule is COCNC(=O)C(Cc1ccccc1)NC(=O)O. The van der Waals surface area contributed by atoms with Crippen LogP contribution in [0.3, 0.4) is 0 Å². The molecule has 1 rings (SSSR count). The van der Waals surface area contributed by atoms with Gasteiger partial charge in [0.25, 0.3) is 0 Å². The Labute approximate surface area is 105 Å². The smallest absolute Gasteiger partial charge is 0.405 e. The van der Waals surface area contributed by atoms with Crippen LogP contribution in [0.1, 0.15) is 5.56 Å². The standard InChI is InChI=1S/C12H16N2O4/c1-18-8-13-11(15)10(14-12(16)17)7-9-5-3-2-4-6-9/h2-6,10,14H,7-8H2,1H3,(H,13,15)(H,16,17). The van der Waals surface area contributed by atoms with E-state index in [1.54, 1.807) is 0 Å². The lowest BCUT2D eigenvalue weighted by molar-refractivity contribution is -0.124. The quantitative estimate of drug-likeness (QED) is 0.646. The third kappa shape index (κ3) is 4.84. The second-order valence-corrected chi connectivity index (χ2v) is 3.67. The topological polar surface area (TPSA) is 87.7 Å². The molecule has 0 saturated heterocycles. The molecule has 1 atom stereocenters. The Morgan fingerprint density at radius 2 is 2.00 bits per heavy atom. The Hall–Kier alpha value is -2.08. The number of carbonyl (C=O) groups is 2. The van der Waals surface area contributed by atoms with E-state index in [1.807, 2.05) is 30.3 Å². The van der Waals surface area contributed by atoms with E-state index in [9.17, 15) is 9.59 Å². The van der Waals surface area contributed by atoms with Gasteiger partial charge >= 0.3 is 6.09 Å². The van der Waals surface area contributed by atoms with Crippen LogP contribution in [0.4, 0.5) is 4.79 Å². The Kier molecular flexibility index (Phi) is 5.66. The molecule has 0 aromatic heterocycles. The van der Waals surface area contributed by atoms with Crippen molar-refractivity contribution in [3.8, 4) is 0 Å². The fraction of sp³-hybridized carbons (Fsp3) is 0.333. The molecule has 0 aliphatic heterocycles. The molecule has 0 spiro atoms. The average molecular weight is 252 g/mol. The Balaban J connectivity index is 2.66. The van der Waals surface area contributed by atoms with E-state index >= 15 is 0 Å². The summed E-state index contributed by atoms with van der Waals surface area (Å²) < 4.78 is 4.71. The molecule has 18 heavy (non-hydrogen) atoms. The van der Waals surface area contributed by atoms with Gasteiger partial charge in [-0.1, -0.05) is 30.3 Å². The highest BCUT2D eigenvalue weighted by atomic mass is 16.5. The van der Waals surface area contributed by atoms with Crippen LogP contribution in [-0.2, 0) is 16.0 Å². The minimum absolute atomic E-state index is 0.0470. The number of ether oxygens (including phenoxy) is 1. The summed E-state index contributed by atoms with van der Waals surface area (Å²) in [5.74, 6) is -0.414. The van der Waals surface area contributed by atoms with Crippen LogP contribution < -0.4 is 10.6 Å². The van der Waals surface area contributed by atoms with Gasteiger partial charge in [-0.2, -0.15) is 0 Å². The summed E-state index contributed by atoms with van der Waals surface area (Å²) >= 11 is 0. The van der Waals surface area contributed by atoms with Crippen molar-refractivity contribution in [1.82, 2.24) is 10.6 Å². The first kappa shape index (κ1) is 14.0. The average Bonchev–Trinajstić information content (AvgIpc) is 2.36. The normalized spacial score (nSPS) is 11.6. The van der Waals surface area contributed by atoms with Crippen LogP contribution in [0.25, 0.3) is 0 Å². The van der Waals surface area contributed by atoms with Gasteiger partial charge in [-0.3, -0.25) is 4.79 Å². The van der Waals surface area contributed by atoms with Crippen LogP contribution >= 0.6 is 0 Å². The molecular weight excluding hydrogens is 236 g/mol. The molecule has 3 N–H and O–H groups in total. The minimum atomic E-state index is -1.23. The summed E-state index contributed by atoms with van der Waals surface area (Å²) in [6.07, 6.45) is -0.939. The Bertz CT molecular complexity index is 394. The maximum atomic E-state index is 11.7. The number of hydrogen-bond donors (Lipinski definition) is 3. The number of hydrogen-bond acceptors (Lipinski definition) is 3. The van der Waals surface area contributed by atoms with Crippen molar-refractivity contribution in [2.75, 3.05) is 13.8 Å². The van der Waals surface area contributed by atoms with Gasteiger partial charge in [-0.15, -0.1) is 0 Å². The number of rotatable bonds is 6. The van der Waals surface area contributed by atoms with Gasteiger partial charge in [0, 0.05) is 13.5 Å². The highest BCUT2D eigenvalue weighted by Gasteiger charge is 2.20. The van der Waals surface area contributed by atoms with Crippen LogP contribution in [0, 0.1) is 0 Å². The van der Waals surface area contributed by atoms with E-state index in [-0.39, 0.29) is 6.73 Å². The number of nitrogens with one attached hydrogen (secondary N) is 2. The van der Waals surface area contributed by atoms with Crippen molar-refractivity contribution in [3.63, 3.8) is 0 Å².